The van der Waals surface area contributed by atoms with Gasteiger partial charge in [-0.2, -0.15) is 8.78 Å². The van der Waals surface area contributed by atoms with E-state index in [1.54, 1.807) is 6.92 Å². The molecule has 0 aliphatic rings. The summed E-state index contributed by atoms with van der Waals surface area (Å²) in [4.78, 5) is 11.8. The molecule has 0 saturated heterocycles. The van der Waals surface area contributed by atoms with Crippen LogP contribution in [0, 0.1) is 35.0 Å². The lowest BCUT2D eigenvalue weighted by Crippen LogP contribution is -2.22. The minimum atomic E-state index is -2.29. The SMILES string of the molecule is CCCCC(CC)C(=O)Oc1c(F)c(F)c(F)c(F)c1F. The first-order valence-electron chi connectivity index (χ1n) is 6.58. The number of rotatable bonds is 6. The van der Waals surface area contributed by atoms with Crippen molar-refractivity contribution in [2.75, 3.05) is 0 Å². The van der Waals surface area contributed by atoms with Crippen molar-refractivity contribution in [2.24, 2.45) is 5.92 Å². The quantitative estimate of drug-likeness (QED) is 0.254. The van der Waals surface area contributed by atoms with Gasteiger partial charge in [0.1, 0.15) is 0 Å². The molecule has 0 bridgehead atoms. The lowest BCUT2D eigenvalue weighted by atomic mass is 10.00. The number of carbonyl (C=O) groups excluding carboxylic acids is 1. The molecule has 0 aliphatic carbocycles. The lowest BCUT2D eigenvalue weighted by molar-refractivity contribution is -0.139. The molecule has 0 aromatic heterocycles. The Morgan fingerprint density at radius 2 is 1.43 bits per heavy atom. The standard InChI is InChI=1S/C14H15F5O2/c1-3-5-6-7(4-2)14(20)21-13-11(18)9(16)8(15)10(17)12(13)19/h7H,3-6H2,1-2H3. The molecule has 0 aliphatic heterocycles. The van der Waals surface area contributed by atoms with Crippen LogP contribution in [0.5, 0.6) is 5.75 Å². The normalized spacial score (nSPS) is 12.3. The highest BCUT2D eigenvalue weighted by molar-refractivity contribution is 5.75. The van der Waals surface area contributed by atoms with Gasteiger partial charge in [0.2, 0.25) is 34.8 Å². The molecule has 1 aromatic carbocycles. The predicted molar refractivity (Wildman–Crippen MR) is 65.2 cm³/mol. The molecule has 1 unspecified atom stereocenters. The first-order chi connectivity index (χ1) is 9.84. The molecule has 0 spiro atoms. The number of halogens is 5. The molecule has 118 valence electrons. The van der Waals surface area contributed by atoms with Crippen LogP contribution >= 0.6 is 0 Å². The van der Waals surface area contributed by atoms with Crippen LogP contribution in [0.3, 0.4) is 0 Å². The summed E-state index contributed by atoms with van der Waals surface area (Å²) in [6.07, 6.45) is 2.24. The molecule has 2 nitrogen and oxygen atoms in total. The summed E-state index contributed by atoms with van der Waals surface area (Å²) in [5.41, 5.74) is 0. The topological polar surface area (TPSA) is 26.3 Å². The van der Waals surface area contributed by atoms with E-state index < -0.39 is 46.7 Å². The van der Waals surface area contributed by atoms with E-state index in [9.17, 15) is 26.7 Å². The number of ether oxygens (including phenoxy) is 1. The molecule has 0 fully saturated rings. The van der Waals surface area contributed by atoms with Gasteiger partial charge in [-0.25, -0.2) is 13.2 Å². The van der Waals surface area contributed by atoms with Crippen LogP contribution in [0.1, 0.15) is 39.5 Å². The second-order valence-electron chi connectivity index (χ2n) is 4.57. The van der Waals surface area contributed by atoms with Crippen LogP contribution in [-0.4, -0.2) is 5.97 Å². The van der Waals surface area contributed by atoms with Gasteiger partial charge in [-0.1, -0.05) is 26.7 Å². The molecule has 0 heterocycles. The fourth-order valence-corrected chi connectivity index (χ4v) is 1.80. The Kier molecular flexibility index (Phi) is 6.11. The third-order valence-electron chi connectivity index (χ3n) is 3.10. The molecular weight excluding hydrogens is 295 g/mol. The van der Waals surface area contributed by atoms with Crippen molar-refractivity contribution < 1.29 is 31.5 Å². The Hall–Kier alpha value is -1.66. The first kappa shape index (κ1) is 17.4. The van der Waals surface area contributed by atoms with Gasteiger partial charge in [0, 0.05) is 0 Å². The molecule has 1 atom stereocenters. The van der Waals surface area contributed by atoms with Gasteiger partial charge >= 0.3 is 5.97 Å². The van der Waals surface area contributed by atoms with Gasteiger partial charge in [0.05, 0.1) is 5.92 Å². The second kappa shape index (κ2) is 7.38. The zero-order valence-electron chi connectivity index (χ0n) is 11.6. The molecule has 0 radical (unpaired) electrons. The smallest absolute Gasteiger partial charge is 0.314 e. The maximum atomic E-state index is 13.4. The highest BCUT2D eigenvalue weighted by Crippen LogP contribution is 2.30. The van der Waals surface area contributed by atoms with Gasteiger partial charge in [0.15, 0.2) is 0 Å². The van der Waals surface area contributed by atoms with Crippen LogP contribution in [0.25, 0.3) is 0 Å². The summed E-state index contributed by atoms with van der Waals surface area (Å²) >= 11 is 0. The largest absolute Gasteiger partial charge is 0.420 e. The van der Waals surface area contributed by atoms with Gasteiger partial charge in [-0.3, -0.25) is 4.79 Å². The predicted octanol–water partition coefficient (Wildman–Crippen LogP) is 4.50. The minimum absolute atomic E-state index is 0.341. The number of esters is 1. The molecule has 21 heavy (non-hydrogen) atoms. The van der Waals surface area contributed by atoms with Crippen molar-refractivity contribution in [3.8, 4) is 5.75 Å². The lowest BCUT2D eigenvalue weighted by Gasteiger charge is -2.14. The third kappa shape index (κ3) is 3.71. The van der Waals surface area contributed by atoms with E-state index in [0.29, 0.717) is 19.3 Å². The number of hydrogen-bond acceptors (Lipinski definition) is 2. The Morgan fingerprint density at radius 3 is 1.86 bits per heavy atom. The van der Waals surface area contributed by atoms with Crippen molar-refractivity contribution >= 4 is 5.97 Å². The highest BCUT2D eigenvalue weighted by Gasteiger charge is 2.30. The second-order valence-corrected chi connectivity index (χ2v) is 4.57. The van der Waals surface area contributed by atoms with Crippen LogP contribution < -0.4 is 4.74 Å². The van der Waals surface area contributed by atoms with E-state index in [0.717, 1.165) is 6.42 Å². The Bertz CT molecular complexity index is 502. The number of benzene rings is 1. The maximum absolute atomic E-state index is 13.4. The van der Waals surface area contributed by atoms with Crippen LogP contribution in [-0.2, 0) is 4.79 Å². The van der Waals surface area contributed by atoms with E-state index in [2.05, 4.69) is 4.74 Å². The van der Waals surface area contributed by atoms with Crippen molar-refractivity contribution in [3.63, 3.8) is 0 Å². The molecule has 0 N–H and O–H groups in total. The van der Waals surface area contributed by atoms with E-state index in [1.165, 1.54) is 0 Å². The Balaban J connectivity index is 3.05. The number of carbonyl (C=O) groups is 1. The maximum Gasteiger partial charge on any atom is 0.314 e. The third-order valence-corrected chi connectivity index (χ3v) is 3.10. The summed E-state index contributed by atoms with van der Waals surface area (Å²) in [5.74, 6) is -14.1. The summed E-state index contributed by atoms with van der Waals surface area (Å²) in [7, 11) is 0. The van der Waals surface area contributed by atoms with Crippen LogP contribution in [0.15, 0.2) is 0 Å². The molecule has 1 rings (SSSR count). The molecule has 0 amide bonds. The highest BCUT2D eigenvalue weighted by atomic mass is 19.2. The average Bonchev–Trinajstić information content (AvgIpc) is 2.48. The summed E-state index contributed by atoms with van der Waals surface area (Å²) in [6, 6.07) is 0. The molecular formula is C14H15F5O2. The van der Waals surface area contributed by atoms with Crippen LogP contribution in [0.2, 0.25) is 0 Å². The monoisotopic (exact) mass is 310 g/mol. The van der Waals surface area contributed by atoms with Gasteiger partial charge in [0.25, 0.3) is 0 Å². The fraction of sp³-hybridized carbons (Fsp3) is 0.500. The van der Waals surface area contributed by atoms with Gasteiger partial charge < -0.3 is 4.74 Å². The van der Waals surface area contributed by atoms with E-state index in [1.807, 2.05) is 6.92 Å². The Labute approximate surface area is 118 Å². The van der Waals surface area contributed by atoms with Crippen LogP contribution in [0.4, 0.5) is 22.0 Å². The van der Waals surface area contributed by atoms with Crippen molar-refractivity contribution in [2.45, 2.75) is 39.5 Å². The Morgan fingerprint density at radius 1 is 0.952 bits per heavy atom. The van der Waals surface area contributed by atoms with E-state index >= 15 is 0 Å². The zero-order chi connectivity index (χ0) is 16.2. The van der Waals surface area contributed by atoms with E-state index in [4.69, 9.17) is 0 Å². The fourth-order valence-electron chi connectivity index (χ4n) is 1.80. The van der Waals surface area contributed by atoms with Gasteiger partial charge in [-0.15, -0.1) is 0 Å². The van der Waals surface area contributed by atoms with Crippen molar-refractivity contribution in [1.29, 1.82) is 0 Å². The van der Waals surface area contributed by atoms with Gasteiger partial charge in [-0.05, 0) is 12.8 Å². The molecule has 0 saturated carbocycles. The van der Waals surface area contributed by atoms with Crippen molar-refractivity contribution in [3.05, 3.63) is 29.1 Å². The molecule has 1 aromatic rings. The molecule has 7 heteroatoms. The average molecular weight is 310 g/mol. The summed E-state index contributed by atoms with van der Waals surface area (Å²) in [5, 5.41) is 0. The van der Waals surface area contributed by atoms with Crippen molar-refractivity contribution in [1.82, 2.24) is 0 Å². The minimum Gasteiger partial charge on any atom is -0.420 e. The number of unbranched alkanes of at least 4 members (excludes halogenated alkanes) is 1. The summed E-state index contributed by atoms with van der Waals surface area (Å²) < 4.78 is 70.0. The zero-order valence-corrected chi connectivity index (χ0v) is 11.6. The first-order valence-corrected chi connectivity index (χ1v) is 6.58. The summed E-state index contributed by atoms with van der Waals surface area (Å²) in [6.45, 7) is 3.56. The number of hydrogen-bond donors (Lipinski definition) is 0. The van der Waals surface area contributed by atoms with E-state index in [-0.39, 0.29) is 0 Å².